The third-order valence-electron chi connectivity index (χ3n) is 4.43. The van der Waals surface area contributed by atoms with Gasteiger partial charge in [-0.15, -0.1) is 0 Å². The first-order valence-corrected chi connectivity index (χ1v) is 8.51. The molecule has 0 aliphatic rings. The van der Waals surface area contributed by atoms with Gasteiger partial charge in [0.2, 0.25) is 5.91 Å². The molecule has 3 rings (SSSR count). The van der Waals surface area contributed by atoms with Crippen molar-refractivity contribution in [2.24, 2.45) is 0 Å². The van der Waals surface area contributed by atoms with Crippen LogP contribution in [0.5, 0.6) is 0 Å². The smallest absolute Gasteiger partial charge is 0.328 e. The van der Waals surface area contributed by atoms with Gasteiger partial charge in [0.1, 0.15) is 6.04 Å². The van der Waals surface area contributed by atoms with Gasteiger partial charge in [-0.25, -0.2) is 4.79 Å². The zero-order chi connectivity index (χ0) is 18.7. The summed E-state index contributed by atoms with van der Waals surface area (Å²) in [5.41, 5.74) is 5.13. The minimum atomic E-state index is -0.735. The zero-order valence-corrected chi connectivity index (χ0v) is 15.1. The molecule has 0 aliphatic carbocycles. The van der Waals surface area contributed by atoms with E-state index in [1.807, 2.05) is 31.2 Å². The Morgan fingerprint density at radius 1 is 1.12 bits per heavy atom. The Hall–Kier alpha value is -3.08. The summed E-state index contributed by atoms with van der Waals surface area (Å²) in [6.45, 7) is 3.44. The van der Waals surface area contributed by atoms with Crippen molar-refractivity contribution in [1.82, 2.24) is 10.3 Å². The number of esters is 1. The molecule has 5 nitrogen and oxygen atoms in total. The highest BCUT2D eigenvalue weighted by Crippen LogP contribution is 2.31. The van der Waals surface area contributed by atoms with Gasteiger partial charge in [0, 0.05) is 29.9 Å². The molecule has 0 spiro atoms. The van der Waals surface area contributed by atoms with Crippen LogP contribution in [0.2, 0.25) is 0 Å². The fourth-order valence-corrected chi connectivity index (χ4v) is 3.16. The molecule has 0 saturated heterocycles. The summed E-state index contributed by atoms with van der Waals surface area (Å²) in [5, 5.41) is 3.72. The molecule has 26 heavy (non-hydrogen) atoms. The van der Waals surface area contributed by atoms with Crippen LogP contribution in [0.3, 0.4) is 0 Å². The van der Waals surface area contributed by atoms with Crippen LogP contribution < -0.4 is 5.32 Å². The van der Waals surface area contributed by atoms with Gasteiger partial charge in [0.15, 0.2) is 0 Å². The molecule has 1 aromatic heterocycles. The Kier molecular flexibility index (Phi) is 5.07. The number of H-pyrrole nitrogens is 1. The monoisotopic (exact) mass is 350 g/mol. The molecule has 1 amide bonds. The SMILES string of the molecule is COC(=O)[C@H](Cc1c(-c2ccc(C)cc2)[nH]c2ccccc12)NC(C)=O. The molecular weight excluding hydrogens is 328 g/mol. The fourth-order valence-electron chi connectivity index (χ4n) is 3.16. The van der Waals surface area contributed by atoms with Crippen LogP contribution in [0.4, 0.5) is 0 Å². The van der Waals surface area contributed by atoms with Crippen molar-refractivity contribution in [3.8, 4) is 11.3 Å². The van der Waals surface area contributed by atoms with E-state index in [0.717, 1.165) is 27.7 Å². The Morgan fingerprint density at radius 3 is 2.46 bits per heavy atom. The van der Waals surface area contributed by atoms with Crippen LogP contribution in [-0.4, -0.2) is 30.0 Å². The Bertz CT molecular complexity index is 942. The number of methoxy groups -OCH3 is 1. The van der Waals surface area contributed by atoms with Gasteiger partial charge in [-0.3, -0.25) is 4.79 Å². The molecule has 0 fully saturated rings. The Balaban J connectivity index is 2.10. The minimum Gasteiger partial charge on any atom is -0.467 e. The van der Waals surface area contributed by atoms with Crippen LogP contribution in [-0.2, 0) is 20.7 Å². The standard InChI is InChI=1S/C21H22N2O3/c1-13-8-10-15(11-9-13)20-17(16-6-4-5-7-18(16)23-20)12-19(21(25)26-3)22-14(2)24/h4-11,19,23H,12H2,1-3H3,(H,22,24)/t19-/m0/s1. The second-order valence-corrected chi connectivity index (χ2v) is 6.37. The number of rotatable bonds is 5. The number of aromatic amines is 1. The maximum Gasteiger partial charge on any atom is 0.328 e. The first-order valence-electron chi connectivity index (χ1n) is 8.51. The molecule has 0 saturated carbocycles. The highest BCUT2D eigenvalue weighted by molar-refractivity contribution is 5.92. The number of amides is 1. The third kappa shape index (κ3) is 3.61. The van der Waals surface area contributed by atoms with E-state index in [0.29, 0.717) is 6.42 Å². The molecule has 3 aromatic rings. The maximum atomic E-state index is 12.2. The van der Waals surface area contributed by atoms with E-state index >= 15 is 0 Å². The van der Waals surface area contributed by atoms with Crippen molar-refractivity contribution in [2.75, 3.05) is 7.11 Å². The van der Waals surface area contributed by atoms with Crippen molar-refractivity contribution in [1.29, 1.82) is 0 Å². The van der Waals surface area contributed by atoms with Crippen molar-refractivity contribution in [2.45, 2.75) is 26.3 Å². The average molecular weight is 350 g/mol. The molecule has 0 radical (unpaired) electrons. The average Bonchev–Trinajstić information content (AvgIpc) is 2.99. The predicted molar refractivity (Wildman–Crippen MR) is 102 cm³/mol. The quantitative estimate of drug-likeness (QED) is 0.693. The first kappa shape index (κ1) is 17.7. The summed E-state index contributed by atoms with van der Waals surface area (Å²) in [6.07, 6.45) is 0.347. The van der Waals surface area contributed by atoms with Gasteiger partial charge in [-0.05, 0) is 24.1 Å². The molecule has 2 aromatic carbocycles. The Morgan fingerprint density at radius 2 is 1.81 bits per heavy atom. The Labute approximate surface area is 152 Å². The van der Waals surface area contributed by atoms with Crippen LogP contribution in [0, 0.1) is 6.92 Å². The molecule has 2 N–H and O–H groups in total. The van der Waals surface area contributed by atoms with Gasteiger partial charge >= 0.3 is 5.97 Å². The highest BCUT2D eigenvalue weighted by atomic mass is 16.5. The van der Waals surface area contributed by atoms with E-state index in [9.17, 15) is 9.59 Å². The molecule has 5 heteroatoms. The number of benzene rings is 2. The lowest BCUT2D eigenvalue weighted by Gasteiger charge is -2.16. The molecule has 1 atom stereocenters. The van der Waals surface area contributed by atoms with Crippen molar-refractivity contribution in [3.05, 3.63) is 59.7 Å². The van der Waals surface area contributed by atoms with E-state index in [4.69, 9.17) is 4.74 Å². The number of hydrogen-bond donors (Lipinski definition) is 2. The largest absolute Gasteiger partial charge is 0.467 e. The summed E-state index contributed by atoms with van der Waals surface area (Å²) in [6, 6.07) is 15.4. The summed E-state index contributed by atoms with van der Waals surface area (Å²) < 4.78 is 4.87. The number of nitrogens with one attached hydrogen (secondary N) is 2. The van der Waals surface area contributed by atoms with Crippen molar-refractivity contribution < 1.29 is 14.3 Å². The number of fused-ring (bicyclic) bond motifs is 1. The van der Waals surface area contributed by atoms with E-state index in [1.54, 1.807) is 0 Å². The number of carbonyl (C=O) groups is 2. The normalized spacial score (nSPS) is 12.0. The van der Waals surface area contributed by atoms with E-state index < -0.39 is 12.0 Å². The van der Waals surface area contributed by atoms with Crippen molar-refractivity contribution >= 4 is 22.8 Å². The molecule has 0 unspecified atom stereocenters. The molecule has 0 bridgehead atoms. The van der Waals surface area contributed by atoms with E-state index in [-0.39, 0.29) is 5.91 Å². The predicted octanol–water partition coefficient (Wildman–Crippen LogP) is 3.36. The number of aromatic nitrogens is 1. The summed E-state index contributed by atoms with van der Waals surface area (Å²) >= 11 is 0. The second-order valence-electron chi connectivity index (χ2n) is 6.37. The number of aryl methyl sites for hydroxylation is 1. The maximum absolute atomic E-state index is 12.2. The third-order valence-corrected chi connectivity index (χ3v) is 4.43. The molecule has 1 heterocycles. The number of hydrogen-bond acceptors (Lipinski definition) is 3. The summed E-state index contributed by atoms with van der Waals surface area (Å²) in [5.74, 6) is -0.725. The lowest BCUT2D eigenvalue weighted by atomic mass is 9.98. The molecular formula is C21H22N2O3. The first-order chi connectivity index (χ1) is 12.5. The number of ether oxygens (including phenoxy) is 1. The summed E-state index contributed by atoms with van der Waals surface area (Å²) in [7, 11) is 1.33. The summed E-state index contributed by atoms with van der Waals surface area (Å²) in [4.78, 5) is 27.1. The second kappa shape index (κ2) is 7.44. The van der Waals surface area contributed by atoms with Crippen LogP contribution in [0.15, 0.2) is 48.5 Å². The number of para-hydroxylation sites is 1. The highest BCUT2D eigenvalue weighted by Gasteiger charge is 2.24. The van der Waals surface area contributed by atoms with Gasteiger partial charge in [-0.2, -0.15) is 0 Å². The van der Waals surface area contributed by atoms with Gasteiger partial charge in [-0.1, -0.05) is 48.0 Å². The molecule has 134 valence electrons. The lowest BCUT2D eigenvalue weighted by Crippen LogP contribution is -2.42. The minimum absolute atomic E-state index is 0.267. The van der Waals surface area contributed by atoms with Crippen LogP contribution >= 0.6 is 0 Å². The van der Waals surface area contributed by atoms with Crippen LogP contribution in [0.1, 0.15) is 18.1 Å². The zero-order valence-electron chi connectivity index (χ0n) is 15.1. The van der Waals surface area contributed by atoms with Crippen LogP contribution in [0.25, 0.3) is 22.2 Å². The topological polar surface area (TPSA) is 71.2 Å². The van der Waals surface area contributed by atoms with E-state index in [1.165, 1.54) is 19.6 Å². The van der Waals surface area contributed by atoms with Gasteiger partial charge < -0.3 is 15.0 Å². The number of carbonyl (C=O) groups excluding carboxylic acids is 2. The van der Waals surface area contributed by atoms with Crippen molar-refractivity contribution in [3.63, 3.8) is 0 Å². The van der Waals surface area contributed by atoms with Gasteiger partial charge in [0.05, 0.1) is 7.11 Å². The van der Waals surface area contributed by atoms with E-state index in [2.05, 4.69) is 34.6 Å². The van der Waals surface area contributed by atoms with Gasteiger partial charge in [0.25, 0.3) is 0 Å². The lowest BCUT2D eigenvalue weighted by molar-refractivity contribution is -0.144. The molecule has 0 aliphatic heterocycles. The fraction of sp³-hybridized carbons (Fsp3) is 0.238.